The number of amides is 1. The van der Waals surface area contributed by atoms with Gasteiger partial charge in [0.25, 0.3) is 5.91 Å². The second kappa shape index (κ2) is 8.20. The minimum absolute atomic E-state index is 0.250. The van der Waals surface area contributed by atoms with E-state index in [9.17, 15) is 4.79 Å². The first-order valence-electron chi connectivity index (χ1n) is 8.44. The zero-order valence-electron chi connectivity index (χ0n) is 14.9. The largest absolute Gasteiger partial charge is 0.366 e. The zero-order chi connectivity index (χ0) is 18.4. The summed E-state index contributed by atoms with van der Waals surface area (Å²) in [6.07, 6.45) is 1.70. The normalized spacial score (nSPS) is 10.4. The quantitative estimate of drug-likeness (QED) is 0.716. The third kappa shape index (κ3) is 4.63. The van der Waals surface area contributed by atoms with Crippen molar-refractivity contribution >= 4 is 11.7 Å². The van der Waals surface area contributed by atoms with Crippen LogP contribution in [0.25, 0.3) is 0 Å². The van der Waals surface area contributed by atoms with Crippen LogP contribution in [0, 0.1) is 13.8 Å². The molecule has 0 radical (unpaired) electrons. The smallest absolute Gasteiger partial charge is 0.270 e. The van der Waals surface area contributed by atoms with E-state index in [0.29, 0.717) is 30.4 Å². The number of pyridine rings is 1. The molecule has 0 bridgehead atoms. The lowest BCUT2D eigenvalue weighted by Gasteiger charge is -2.10. The number of nitrogens with one attached hydrogen (secondary N) is 2. The van der Waals surface area contributed by atoms with E-state index in [-0.39, 0.29) is 5.91 Å². The van der Waals surface area contributed by atoms with Crippen molar-refractivity contribution in [3.63, 3.8) is 0 Å². The lowest BCUT2D eigenvalue weighted by molar-refractivity contribution is 0.0945. The van der Waals surface area contributed by atoms with Crippen LogP contribution >= 0.6 is 0 Å². The van der Waals surface area contributed by atoms with Gasteiger partial charge in [0, 0.05) is 18.8 Å². The molecule has 0 atom stereocenters. The monoisotopic (exact) mass is 347 g/mol. The average Bonchev–Trinajstić information content (AvgIpc) is 2.66. The number of aryl methyl sites for hydroxylation is 2. The summed E-state index contributed by atoms with van der Waals surface area (Å²) in [5, 5.41) is 6.10. The fourth-order valence-corrected chi connectivity index (χ4v) is 2.53. The van der Waals surface area contributed by atoms with Gasteiger partial charge < -0.3 is 10.6 Å². The van der Waals surface area contributed by atoms with Gasteiger partial charge in [-0.25, -0.2) is 9.97 Å². The summed E-state index contributed by atoms with van der Waals surface area (Å²) < 4.78 is 0. The number of hydrogen-bond donors (Lipinski definition) is 2. The summed E-state index contributed by atoms with van der Waals surface area (Å²) in [4.78, 5) is 25.2. The Morgan fingerprint density at radius 2 is 1.81 bits per heavy atom. The predicted octanol–water partition coefficient (Wildman–Crippen LogP) is 3.03. The minimum Gasteiger partial charge on any atom is -0.366 e. The maximum absolute atomic E-state index is 12.4. The Bertz CT molecular complexity index is 896. The second-order valence-corrected chi connectivity index (χ2v) is 5.97. The highest BCUT2D eigenvalue weighted by Gasteiger charge is 2.11. The maximum atomic E-state index is 12.4. The molecule has 2 heterocycles. The Labute approximate surface area is 152 Å². The highest BCUT2D eigenvalue weighted by atomic mass is 16.1. The third-order valence-electron chi connectivity index (χ3n) is 3.95. The Balaban J connectivity index is 1.67. The predicted molar refractivity (Wildman–Crippen MR) is 101 cm³/mol. The molecule has 0 saturated heterocycles. The van der Waals surface area contributed by atoms with E-state index < -0.39 is 0 Å². The second-order valence-electron chi connectivity index (χ2n) is 5.97. The van der Waals surface area contributed by atoms with Crippen molar-refractivity contribution in [1.82, 2.24) is 20.3 Å². The lowest BCUT2D eigenvalue weighted by Crippen LogP contribution is -2.25. The van der Waals surface area contributed by atoms with Gasteiger partial charge in [0.1, 0.15) is 17.3 Å². The van der Waals surface area contributed by atoms with E-state index in [1.165, 1.54) is 11.1 Å². The first-order valence-corrected chi connectivity index (χ1v) is 8.44. The first kappa shape index (κ1) is 17.5. The number of nitrogens with zero attached hydrogens (tertiary/aromatic N) is 3. The van der Waals surface area contributed by atoms with Gasteiger partial charge in [-0.05, 0) is 37.1 Å². The number of hydrogen-bond acceptors (Lipinski definition) is 5. The molecule has 1 amide bonds. The van der Waals surface area contributed by atoms with Crippen LogP contribution in [0.3, 0.4) is 0 Å². The third-order valence-corrected chi connectivity index (χ3v) is 3.95. The molecule has 0 unspecified atom stereocenters. The Hall–Kier alpha value is -3.28. The number of aromatic nitrogens is 3. The van der Waals surface area contributed by atoms with Gasteiger partial charge in [-0.15, -0.1) is 0 Å². The van der Waals surface area contributed by atoms with Crippen LogP contribution < -0.4 is 10.6 Å². The molecule has 2 N–H and O–H groups in total. The van der Waals surface area contributed by atoms with Crippen LogP contribution in [0.5, 0.6) is 0 Å². The van der Waals surface area contributed by atoms with Gasteiger partial charge in [-0.2, -0.15) is 0 Å². The molecule has 3 aromatic rings. The topological polar surface area (TPSA) is 79.8 Å². The van der Waals surface area contributed by atoms with E-state index in [1.54, 1.807) is 19.2 Å². The Morgan fingerprint density at radius 3 is 2.58 bits per heavy atom. The van der Waals surface area contributed by atoms with Crippen molar-refractivity contribution in [3.05, 3.63) is 83.1 Å². The van der Waals surface area contributed by atoms with Crippen molar-refractivity contribution in [2.24, 2.45) is 0 Å². The SMILES string of the molecule is Cc1nc(NCc2ccccc2C)cc(C(=O)NCc2ccccn2)n1. The van der Waals surface area contributed by atoms with E-state index in [2.05, 4.69) is 44.6 Å². The number of rotatable bonds is 6. The van der Waals surface area contributed by atoms with Gasteiger partial charge >= 0.3 is 0 Å². The number of carbonyl (C=O) groups is 1. The summed E-state index contributed by atoms with van der Waals surface area (Å²) in [7, 11) is 0. The van der Waals surface area contributed by atoms with Crippen molar-refractivity contribution < 1.29 is 4.79 Å². The summed E-state index contributed by atoms with van der Waals surface area (Å²) in [5.41, 5.74) is 3.52. The highest BCUT2D eigenvalue weighted by molar-refractivity contribution is 5.92. The molecular weight excluding hydrogens is 326 g/mol. The molecule has 3 rings (SSSR count). The number of anilines is 1. The standard InChI is InChI=1S/C20H21N5O/c1-14-7-3-4-8-16(14)12-22-19-11-18(24-15(2)25-19)20(26)23-13-17-9-5-6-10-21-17/h3-11H,12-13H2,1-2H3,(H,23,26)(H,22,24,25). The van der Waals surface area contributed by atoms with Gasteiger partial charge in [0.05, 0.1) is 12.2 Å². The molecule has 6 nitrogen and oxygen atoms in total. The van der Waals surface area contributed by atoms with Crippen LogP contribution in [0.4, 0.5) is 5.82 Å². The van der Waals surface area contributed by atoms with Crippen LogP contribution in [0.15, 0.2) is 54.7 Å². The van der Waals surface area contributed by atoms with E-state index >= 15 is 0 Å². The molecule has 26 heavy (non-hydrogen) atoms. The first-order chi connectivity index (χ1) is 12.6. The summed E-state index contributed by atoms with van der Waals surface area (Å²) in [5.74, 6) is 0.923. The number of benzene rings is 1. The summed E-state index contributed by atoms with van der Waals surface area (Å²) in [6.45, 7) is 4.83. The van der Waals surface area contributed by atoms with Gasteiger partial charge in [0.15, 0.2) is 0 Å². The van der Waals surface area contributed by atoms with Gasteiger partial charge in [-0.1, -0.05) is 30.3 Å². The maximum Gasteiger partial charge on any atom is 0.270 e. The molecule has 0 fully saturated rings. The van der Waals surface area contributed by atoms with E-state index in [4.69, 9.17) is 0 Å². The molecule has 0 saturated carbocycles. The van der Waals surface area contributed by atoms with Crippen LogP contribution in [-0.4, -0.2) is 20.9 Å². The van der Waals surface area contributed by atoms with Crippen molar-refractivity contribution in [2.75, 3.05) is 5.32 Å². The molecule has 1 aromatic carbocycles. The van der Waals surface area contributed by atoms with E-state index in [0.717, 1.165) is 5.69 Å². The van der Waals surface area contributed by atoms with Crippen molar-refractivity contribution in [2.45, 2.75) is 26.9 Å². The molecule has 2 aromatic heterocycles. The zero-order valence-corrected chi connectivity index (χ0v) is 14.9. The summed E-state index contributed by atoms with van der Waals surface area (Å²) >= 11 is 0. The fourth-order valence-electron chi connectivity index (χ4n) is 2.53. The van der Waals surface area contributed by atoms with Crippen LogP contribution in [0.2, 0.25) is 0 Å². The van der Waals surface area contributed by atoms with Gasteiger partial charge in [-0.3, -0.25) is 9.78 Å². The molecule has 0 aliphatic heterocycles. The average molecular weight is 347 g/mol. The minimum atomic E-state index is -0.250. The summed E-state index contributed by atoms with van der Waals surface area (Å²) in [6, 6.07) is 15.4. The molecule has 132 valence electrons. The molecular formula is C20H21N5O. The van der Waals surface area contributed by atoms with Gasteiger partial charge in [0.2, 0.25) is 0 Å². The fraction of sp³-hybridized carbons (Fsp3) is 0.200. The highest BCUT2D eigenvalue weighted by Crippen LogP contribution is 2.12. The molecule has 6 heteroatoms. The molecule has 0 aliphatic rings. The Kier molecular flexibility index (Phi) is 5.53. The molecule has 0 spiro atoms. The van der Waals surface area contributed by atoms with Crippen molar-refractivity contribution in [1.29, 1.82) is 0 Å². The van der Waals surface area contributed by atoms with Crippen molar-refractivity contribution in [3.8, 4) is 0 Å². The lowest BCUT2D eigenvalue weighted by atomic mass is 10.1. The molecule has 0 aliphatic carbocycles. The Morgan fingerprint density at radius 1 is 1.00 bits per heavy atom. The van der Waals surface area contributed by atoms with Crippen LogP contribution in [0.1, 0.15) is 33.1 Å². The number of carbonyl (C=O) groups excluding carboxylic acids is 1. The van der Waals surface area contributed by atoms with E-state index in [1.807, 2.05) is 30.3 Å². The van der Waals surface area contributed by atoms with Crippen LogP contribution in [-0.2, 0) is 13.1 Å².